The average Bonchev–Trinajstić information content (AvgIpc) is 2.84. The van der Waals surface area contributed by atoms with Crippen molar-refractivity contribution in [3.63, 3.8) is 0 Å². The van der Waals surface area contributed by atoms with E-state index >= 15 is 0 Å². The van der Waals surface area contributed by atoms with Gasteiger partial charge in [-0.2, -0.15) is 0 Å². The van der Waals surface area contributed by atoms with Crippen LogP contribution in [-0.2, 0) is 4.79 Å². The minimum Gasteiger partial charge on any atom is -0.508 e. The highest BCUT2D eigenvalue weighted by Crippen LogP contribution is 2.36. The fraction of sp³-hybridized carbons (Fsp3) is 0.240. The van der Waals surface area contributed by atoms with Gasteiger partial charge in [0.25, 0.3) is 0 Å². The fourth-order valence-electron chi connectivity index (χ4n) is 2.97. The highest BCUT2D eigenvalue weighted by molar-refractivity contribution is 6.03. The Balaban J connectivity index is 2.27. The molecule has 0 heterocycles. The molecule has 0 aliphatic rings. The van der Waals surface area contributed by atoms with E-state index in [2.05, 4.69) is 0 Å². The number of ether oxygens (including phenoxy) is 6. The maximum absolute atomic E-state index is 12.4. The van der Waals surface area contributed by atoms with Crippen molar-refractivity contribution in [1.29, 1.82) is 0 Å². The molecule has 0 bridgehead atoms. The van der Waals surface area contributed by atoms with Gasteiger partial charge in [-0.3, -0.25) is 4.79 Å². The second-order valence-corrected chi connectivity index (χ2v) is 6.53. The summed E-state index contributed by atoms with van der Waals surface area (Å²) in [6.07, 6.45) is 6.87. The van der Waals surface area contributed by atoms with Crippen LogP contribution in [0.25, 0.3) is 12.2 Å². The summed E-state index contributed by atoms with van der Waals surface area (Å²) in [5.74, 6) is 2.35. The Morgan fingerprint density at radius 3 is 1.33 bits per heavy atom. The minimum atomic E-state index is -0.439. The van der Waals surface area contributed by atoms with Crippen LogP contribution in [0.5, 0.6) is 34.5 Å². The SMILES string of the molecule is COc1cc(OC)c(/C=C/C(=O)/C=C(O)\C=C\c2c(OC)cc(OC)cc2OC)c(OC)c1. The number of carbonyl (C=O) groups excluding carboxylic acids is 1. The normalized spacial score (nSPS) is 11.5. The van der Waals surface area contributed by atoms with E-state index in [9.17, 15) is 9.90 Å². The summed E-state index contributed by atoms with van der Waals surface area (Å²) in [6, 6.07) is 6.73. The molecule has 0 saturated carbocycles. The molecule has 2 aromatic rings. The van der Waals surface area contributed by atoms with Crippen molar-refractivity contribution in [3.05, 3.63) is 59.4 Å². The highest BCUT2D eigenvalue weighted by atomic mass is 16.5. The van der Waals surface area contributed by atoms with Crippen LogP contribution >= 0.6 is 0 Å². The molecule has 0 amide bonds. The van der Waals surface area contributed by atoms with Crippen LogP contribution in [0.15, 0.2) is 48.3 Å². The zero-order chi connectivity index (χ0) is 24.4. The molecule has 176 valence electrons. The lowest BCUT2D eigenvalue weighted by Gasteiger charge is -2.12. The Morgan fingerprint density at radius 1 is 0.636 bits per heavy atom. The zero-order valence-corrected chi connectivity index (χ0v) is 19.5. The van der Waals surface area contributed by atoms with Crippen LogP contribution < -0.4 is 28.4 Å². The van der Waals surface area contributed by atoms with Crippen LogP contribution in [-0.4, -0.2) is 53.5 Å². The number of carbonyl (C=O) groups is 1. The van der Waals surface area contributed by atoms with Crippen molar-refractivity contribution >= 4 is 17.9 Å². The van der Waals surface area contributed by atoms with Crippen LogP contribution in [0.3, 0.4) is 0 Å². The van der Waals surface area contributed by atoms with Gasteiger partial charge in [0.2, 0.25) is 0 Å². The van der Waals surface area contributed by atoms with E-state index in [0.29, 0.717) is 45.6 Å². The van der Waals surface area contributed by atoms with Crippen molar-refractivity contribution < 1.29 is 38.3 Å². The van der Waals surface area contributed by atoms with Crippen molar-refractivity contribution in [3.8, 4) is 34.5 Å². The molecular weight excluding hydrogens is 428 g/mol. The third-order valence-electron chi connectivity index (χ3n) is 4.63. The van der Waals surface area contributed by atoms with Crippen molar-refractivity contribution in [2.75, 3.05) is 42.7 Å². The van der Waals surface area contributed by atoms with E-state index in [0.717, 1.165) is 6.08 Å². The summed E-state index contributed by atoms with van der Waals surface area (Å²) in [5, 5.41) is 10.2. The molecule has 0 aliphatic carbocycles. The van der Waals surface area contributed by atoms with Gasteiger partial charge in [0.1, 0.15) is 40.3 Å². The third-order valence-corrected chi connectivity index (χ3v) is 4.63. The molecule has 2 rings (SSSR count). The molecule has 0 atom stereocenters. The van der Waals surface area contributed by atoms with E-state index in [1.54, 1.807) is 36.4 Å². The maximum Gasteiger partial charge on any atom is 0.182 e. The summed E-state index contributed by atoms with van der Waals surface area (Å²) in [4.78, 5) is 12.4. The van der Waals surface area contributed by atoms with E-state index < -0.39 is 5.78 Å². The monoisotopic (exact) mass is 456 g/mol. The van der Waals surface area contributed by atoms with Gasteiger partial charge < -0.3 is 33.5 Å². The van der Waals surface area contributed by atoms with Crippen molar-refractivity contribution in [2.24, 2.45) is 0 Å². The van der Waals surface area contributed by atoms with Crippen molar-refractivity contribution in [2.45, 2.75) is 0 Å². The molecule has 0 fully saturated rings. The first-order chi connectivity index (χ1) is 15.9. The quantitative estimate of drug-likeness (QED) is 0.301. The number of methoxy groups -OCH3 is 6. The van der Waals surface area contributed by atoms with E-state index in [1.807, 2.05) is 0 Å². The van der Waals surface area contributed by atoms with Crippen LogP contribution in [0.4, 0.5) is 0 Å². The first kappa shape index (κ1) is 25.2. The van der Waals surface area contributed by atoms with E-state index in [-0.39, 0.29) is 5.76 Å². The Hall–Kier alpha value is -4.07. The van der Waals surface area contributed by atoms with E-state index in [4.69, 9.17) is 28.4 Å². The average molecular weight is 456 g/mol. The highest BCUT2D eigenvalue weighted by Gasteiger charge is 2.12. The largest absolute Gasteiger partial charge is 0.508 e. The van der Waals surface area contributed by atoms with Gasteiger partial charge in [-0.05, 0) is 24.3 Å². The number of rotatable bonds is 11. The molecule has 8 nitrogen and oxygen atoms in total. The lowest BCUT2D eigenvalue weighted by molar-refractivity contribution is -0.110. The molecule has 0 saturated heterocycles. The summed E-state index contributed by atoms with van der Waals surface area (Å²) in [5.41, 5.74) is 1.14. The van der Waals surface area contributed by atoms with Gasteiger partial charge in [0, 0.05) is 30.3 Å². The molecule has 0 aliphatic heterocycles. The van der Waals surface area contributed by atoms with Crippen molar-refractivity contribution in [1.82, 2.24) is 0 Å². The van der Waals surface area contributed by atoms with Gasteiger partial charge in [0.05, 0.1) is 53.8 Å². The van der Waals surface area contributed by atoms with Crippen LogP contribution in [0.2, 0.25) is 0 Å². The Kier molecular flexibility index (Phi) is 9.23. The Morgan fingerprint density at radius 2 is 1.00 bits per heavy atom. The van der Waals surface area contributed by atoms with Gasteiger partial charge in [-0.1, -0.05) is 0 Å². The number of hydrogen-bond acceptors (Lipinski definition) is 8. The molecule has 8 heteroatoms. The number of aliphatic hydroxyl groups excluding tert-OH is 1. The van der Waals surface area contributed by atoms with E-state index in [1.165, 1.54) is 54.8 Å². The number of allylic oxidation sites excluding steroid dienone is 3. The van der Waals surface area contributed by atoms with Crippen LogP contribution in [0.1, 0.15) is 11.1 Å². The Labute approximate surface area is 193 Å². The minimum absolute atomic E-state index is 0.252. The first-order valence-corrected chi connectivity index (χ1v) is 9.81. The Bertz CT molecular complexity index is 1020. The topological polar surface area (TPSA) is 92.7 Å². The van der Waals surface area contributed by atoms with Gasteiger partial charge >= 0.3 is 0 Å². The molecule has 0 spiro atoms. The number of aliphatic hydroxyl groups is 1. The molecule has 0 aromatic heterocycles. The lowest BCUT2D eigenvalue weighted by Crippen LogP contribution is -1.96. The molecule has 0 radical (unpaired) electrons. The summed E-state index contributed by atoms with van der Waals surface area (Å²) in [7, 11) is 9.10. The first-order valence-electron chi connectivity index (χ1n) is 9.81. The predicted octanol–water partition coefficient (Wildman–Crippen LogP) is 4.48. The zero-order valence-electron chi connectivity index (χ0n) is 19.5. The number of ketones is 1. The fourth-order valence-corrected chi connectivity index (χ4v) is 2.97. The summed E-state index contributed by atoms with van der Waals surface area (Å²) >= 11 is 0. The van der Waals surface area contributed by atoms with Gasteiger partial charge in [-0.25, -0.2) is 0 Å². The van der Waals surface area contributed by atoms with Crippen LogP contribution in [0, 0.1) is 0 Å². The smallest absolute Gasteiger partial charge is 0.182 e. The van der Waals surface area contributed by atoms with Gasteiger partial charge in [0.15, 0.2) is 5.78 Å². The lowest BCUT2D eigenvalue weighted by atomic mass is 10.1. The molecular formula is C25H28O8. The summed E-state index contributed by atoms with van der Waals surface area (Å²) in [6.45, 7) is 0. The predicted molar refractivity (Wildman–Crippen MR) is 126 cm³/mol. The number of benzene rings is 2. The standard InChI is InChI=1S/C25H28O8/c1-28-18-12-22(30-3)20(23(13-18)31-4)9-7-16(26)11-17(27)8-10-21-24(32-5)14-19(29-2)15-25(21)33-6/h7-15,26H,1-6H3/b9-7+,10-8+,16-11+. The second-order valence-electron chi connectivity index (χ2n) is 6.53. The number of hydrogen-bond donors (Lipinski definition) is 1. The molecule has 2 aromatic carbocycles. The van der Waals surface area contributed by atoms with Gasteiger partial charge in [-0.15, -0.1) is 0 Å². The third kappa shape index (κ3) is 6.46. The molecule has 1 N–H and O–H groups in total. The molecule has 0 unspecified atom stereocenters. The second kappa shape index (κ2) is 12.1. The maximum atomic E-state index is 12.4. The summed E-state index contributed by atoms with van der Waals surface area (Å²) < 4.78 is 31.9. The molecule has 33 heavy (non-hydrogen) atoms.